The normalized spacial score (nSPS) is 14.2. The second-order valence-corrected chi connectivity index (χ2v) is 6.93. The molecule has 4 rings (SSSR count). The van der Waals surface area contributed by atoms with Crippen LogP contribution in [-0.4, -0.2) is 24.8 Å². The largest absolute Gasteiger partial charge is 0.507 e. The Bertz CT molecular complexity index is 883. The summed E-state index contributed by atoms with van der Waals surface area (Å²) in [4.78, 5) is 9.05. The molecule has 0 saturated heterocycles. The standard InChI is InChI=1S/C17H18N4O2S/c1-10-11(2)21(12-7-8-12)17(18-10)24-9-15-19-16(23-20-15)13-5-3-4-6-14(13)22/h3-6,12,22H,7-9H2,1-2H3. The van der Waals surface area contributed by atoms with Crippen LogP contribution >= 0.6 is 11.8 Å². The highest BCUT2D eigenvalue weighted by Crippen LogP contribution is 2.40. The molecule has 7 heteroatoms. The highest BCUT2D eigenvalue weighted by molar-refractivity contribution is 7.98. The minimum atomic E-state index is 0.135. The summed E-state index contributed by atoms with van der Waals surface area (Å²) < 4.78 is 7.60. The second-order valence-electron chi connectivity index (χ2n) is 5.99. The number of aryl methyl sites for hydroxylation is 1. The van der Waals surface area contributed by atoms with Crippen molar-refractivity contribution in [1.29, 1.82) is 0 Å². The number of aromatic hydroxyl groups is 1. The van der Waals surface area contributed by atoms with Gasteiger partial charge in [-0.3, -0.25) is 0 Å². The summed E-state index contributed by atoms with van der Waals surface area (Å²) in [6, 6.07) is 7.54. The van der Waals surface area contributed by atoms with Gasteiger partial charge in [0.05, 0.1) is 17.0 Å². The number of aromatic nitrogens is 4. The van der Waals surface area contributed by atoms with Crippen molar-refractivity contribution in [2.75, 3.05) is 0 Å². The Balaban J connectivity index is 1.52. The summed E-state index contributed by atoms with van der Waals surface area (Å²) in [6.07, 6.45) is 2.45. The van der Waals surface area contributed by atoms with E-state index in [-0.39, 0.29) is 5.75 Å². The van der Waals surface area contributed by atoms with Gasteiger partial charge in [-0.25, -0.2) is 4.98 Å². The van der Waals surface area contributed by atoms with Crippen molar-refractivity contribution >= 4 is 11.8 Å². The van der Waals surface area contributed by atoms with E-state index in [0.717, 1.165) is 10.9 Å². The first-order chi connectivity index (χ1) is 11.6. The topological polar surface area (TPSA) is 77.0 Å². The van der Waals surface area contributed by atoms with Gasteiger partial charge in [0, 0.05) is 11.7 Å². The molecule has 0 unspecified atom stereocenters. The van der Waals surface area contributed by atoms with Crippen LogP contribution < -0.4 is 0 Å². The number of benzene rings is 1. The van der Waals surface area contributed by atoms with E-state index < -0.39 is 0 Å². The summed E-state index contributed by atoms with van der Waals surface area (Å²) >= 11 is 1.62. The van der Waals surface area contributed by atoms with Gasteiger partial charge in [-0.1, -0.05) is 29.1 Å². The van der Waals surface area contributed by atoms with Crippen LogP contribution in [0.25, 0.3) is 11.5 Å². The number of hydrogen-bond donors (Lipinski definition) is 1. The van der Waals surface area contributed by atoms with E-state index in [1.54, 1.807) is 30.0 Å². The van der Waals surface area contributed by atoms with Crippen molar-refractivity contribution in [3.63, 3.8) is 0 Å². The molecule has 0 spiro atoms. The molecule has 1 aromatic carbocycles. The van der Waals surface area contributed by atoms with Gasteiger partial charge in [-0.05, 0) is 38.8 Å². The molecule has 0 radical (unpaired) electrons. The highest BCUT2D eigenvalue weighted by Gasteiger charge is 2.28. The molecule has 1 saturated carbocycles. The monoisotopic (exact) mass is 342 g/mol. The van der Waals surface area contributed by atoms with Crippen LogP contribution in [0.2, 0.25) is 0 Å². The van der Waals surface area contributed by atoms with Gasteiger partial charge in [0.2, 0.25) is 0 Å². The third-order valence-corrected chi connectivity index (χ3v) is 5.15. The number of thioether (sulfide) groups is 1. The molecule has 6 nitrogen and oxygen atoms in total. The summed E-state index contributed by atoms with van der Waals surface area (Å²) in [5, 5.41) is 14.9. The Labute approximate surface area is 143 Å². The van der Waals surface area contributed by atoms with E-state index in [0.29, 0.717) is 29.1 Å². The van der Waals surface area contributed by atoms with Gasteiger partial charge in [-0.2, -0.15) is 4.98 Å². The maximum Gasteiger partial charge on any atom is 0.261 e. The van der Waals surface area contributed by atoms with Gasteiger partial charge >= 0.3 is 0 Å². The minimum Gasteiger partial charge on any atom is -0.507 e. The summed E-state index contributed by atoms with van der Waals surface area (Å²) in [6.45, 7) is 4.16. The molecular weight excluding hydrogens is 324 g/mol. The smallest absolute Gasteiger partial charge is 0.261 e. The average Bonchev–Trinajstić information content (AvgIpc) is 3.22. The van der Waals surface area contributed by atoms with E-state index in [1.165, 1.54) is 18.5 Å². The molecule has 1 N–H and O–H groups in total. The fourth-order valence-electron chi connectivity index (χ4n) is 2.67. The maximum atomic E-state index is 9.87. The lowest BCUT2D eigenvalue weighted by Gasteiger charge is -2.06. The molecule has 0 bridgehead atoms. The molecule has 1 aliphatic carbocycles. The van der Waals surface area contributed by atoms with Crippen LogP contribution in [0.4, 0.5) is 0 Å². The molecule has 24 heavy (non-hydrogen) atoms. The Morgan fingerprint density at radius 1 is 1.25 bits per heavy atom. The Morgan fingerprint density at radius 2 is 2.04 bits per heavy atom. The summed E-state index contributed by atoms with van der Waals surface area (Å²) in [7, 11) is 0. The molecular formula is C17H18N4O2S. The van der Waals surface area contributed by atoms with Gasteiger partial charge in [0.15, 0.2) is 11.0 Å². The van der Waals surface area contributed by atoms with Crippen molar-refractivity contribution in [1.82, 2.24) is 19.7 Å². The zero-order valence-corrected chi connectivity index (χ0v) is 14.4. The molecule has 2 heterocycles. The predicted octanol–water partition coefficient (Wildman–Crippen LogP) is 3.88. The molecule has 2 aromatic heterocycles. The van der Waals surface area contributed by atoms with E-state index in [1.807, 2.05) is 13.0 Å². The van der Waals surface area contributed by atoms with E-state index in [2.05, 4.69) is 26.6 Å². The predicted molar refractivity (Wildman–Crippen MR) is 90.9 cm³/mol. The van der Waals surface area contributed by atoms with Crippen molar-refractivity contribution in [3.8, 4) is 17.2 Å². The van der Waals surface area contributed by atoms with Crippen LogP contribution in [-0.2, 0) is 5.75 Å². The fourth-order valence-corrected chi connectivity index (χ4v) is 3.67. The first kappa shape index (κ1) is 15.3. The lowest BCUT2D eigenvalue weighted by atomic mass is 10.2. The molecule has 1 aliphatic rings. The first-order valence-electron chi connectivity index (χ1n) is 7.92. The van der Waals surface area contributed by atoms with Crippen molar-refractivity contribution in [3.05, 3.63) is 41.5 Å². The number of hydrogen-bond acceptors (Lipinski definition) is 6. The summed E-state index contributed by atoms with van der Waals surface area (Å²) in [5.41, 5.74) is 2.86. The van der Waals surface area contributed by atoms with Crippen molar-refractivity contribution in [2.24, 2.45) is 0 Å². The average molecular weight is 342 g/mol. The van der Waals surface area contributed by atoms with E-state index >= 15 is 0 Å². The Hall–Kier alpha value is -2.28. The molecule has 0 amide bonds. The lowest BCUT2D eigenvalue weighted by Crippen LogP contribution is -1.99. The number of rotatable bonds is 5. The molecule has 1 fully saturated rings. The van der Waals surface area contributed by atoms with Crippen LogP contribution in [0.1, 0.15) is 36.1 Å². The Morgan fingerprint density at radius 3 is 2.79 bits per heavy atom. The van der Waals surface area contributed by atoms with Gasteiger partial charge in [-0.15, -0.1) is 0 Å². The maximum absolute atomic E-state index is 9.87. The molecule has 0 aliphatic heterocycles. The van der Waals surface area contributed by atoms with Crippen LogP contribution in [0.15, 0.2) is 33.9 Å². The molecule has 0 atom stereocenters. The van der Waals surface area contributed by atoms with E-state index in [4.69, 9.17) is 4.52 Å². The number of imidazole rings is 1. The number of phenols is 1. The number of para-hydroxylation sites is 1. The second kappa shape index (κ2) is 5.98. The minimum absolute atomic E-state index is 0.135. The Kier molecular flexibility index (Phi) is 3.80. The lowest BCUT2D eigenvalue weighted by molar-refractivity contribution is 0.419. The third-order valence-electron chi connectivity index (χ3n) is 4.20. The zero-order chi connectivity index (χ0) is 16.7. The van der Waals surface area contributed by atoms with Crippen LogP contribution in [0.5, 0.6) is 5.75 Å². The first-order valence-corrected chi connectivity index (χ1v) is 8.91. The van der Waals surface area contributed by atoms with Crippen LogP contribution in [0.3, 0.4) is 0 Å². The van der Waals surface area contributed by atoms with E-state index in [9.17, 15) is 5.11 Å². The van der Waals surface area contributed by atoms with Crippen molar-refractivity contribution < 1.29 is 9.63 Å². The SMILES string of the molecule is Cc1nc(SCc2noc(-c3ccccc3O)n2)n(C2CC2)c1C. The highest BCUT2D eigenvalue weighted by atomic mass is 32.2. The number of nitrogens with zero attached hydrogens (tertiary/aromatic N) is 4. The molecule has 124 valence electrons. The van der Waals surface area contributed by atoms with Crippen LogP contribution in [0, 0.1) is 13.8 Å². The van der Waals surface area contributed by atoms with Gasteiger partial charge in [0.1, 0.15) is 5.75 Å². The van der Waals surface area contributed by atoms with Gasteiger partial charge < -0.3 is 14.2 Å². The third kappa shape index (κ3) is 2.80. The molecule has 3 aromatic rings. The quantitative estimate of drug-likeness (QED) is 0.709. The fraction of sp³-hybridized carbons (Fsp3) is 0.353. The van der Waals surface area contributed by atoms with Crippen molar-refractivity contribution in [2.45, 2.75) is 43.6 Å². The zero-order valence-electron chi connectivity index (χ0n) is 13.6. The number of phenolic OH excluding ortho intramolecular Hbond substituents is 1. The van der Waals surface area contributed by atoms with Gasteiger partial charge in [0.25, 0.3) is 5.89 Å². The summed E-state index contributed by atoms with van der Waals surface area (Å²) in [5.74, 6) is 1.65.